The molecule has 0 aliphatic heterocycles. The minimum absolute atomic E-state index is 0.167. The lowest BCUT2D eigenvalue weighted by Gasteiger charge is -2.13. The van der Waals surface area contributed by atoms with Gasteiger partial charge in [0.25, 0.3) is 0 Å². The van der Waals surface area contributed by atoms with Gasteiger partial charge < -0.3 is 10.5 Å². The second-order valence-electron chi connectivity index (χ2n) is 3.85. The van der Waals surface area contributed by atoms with Gasteiger partial charge in [0.1, 0.15) is 0 Å². The molecule has 0 bridgehead atoms. The normalized spacial score (nSPS) is 17.2. The lowest BCUT2D eigenvalue weighted by atomic mass is 9.96. The number of carbonyl (C=O) groups excluding carboxylic acids is 1. The largest absolute Gasteiger partial charge is 0.468 e. The van der Waals surface area contributed by atoms with E-state index in [4.69, 9.17) is 10.5 Å². The molecular weight excluding hydrogens is 210 g/mol. The second kappa shape index (κ2) is 3.45. The van der Waals surface area contributed by atoms with Crippen molar-refractivity contribution in [3.8, 4) is 0 Å². The molecule has 0 radical (unpaired) electrons. The highest BCUT2D eigenvalue weighted by atomic mass is 32.1. The Hall–Kier alpha value is -1.16. The molecule has 1 aromatic carbocycles. The van der Waals surface area contributed by atoms with Crippen LogP contribution in [0.4, 0.5) is 5.69 Å². The number of nitrogen functional groups attached to an aromatic ring is 1. The van der Waals surface area contributed by atoms with Gasteiger partial charge in [0.2, 0.25) is 0 Å². The molecule has 0 spiro atoms. The first-order chi connectivity index (χ1) is 7.10. The number of rotatable bonds is 2. The topological polar surface area (TPSA) is 52.3 Å². The van der Waals surface area contributed by atoms with Gasteiger partial charge in [-0.3, -0.25) is 4.79 Å². The Kier molecular flexibility index (Phi) is 2.38. The van der Waals surface area contributed by atoms with E-state index in [1.807, 2.05) is 12.1 Å². The van der Waals surface area contributed by atoms with E-state index in [0.29, 0.717) is 10.6 Å². The molecule has 0 aromatic heterocycles. The van der Waals surface area contributed by atoms with Crippen molar-refractivity contribution in [3.05, 3.63) is 23.8 Å². The molecule has 1 aliphatic rings. The highest BCUT2D eigenvalue weighted by molar-refractivity contribution is 7.80. The number of hydrogen-bond donors (Lipinski definition) is 2. The van der Waals surface area contributed by atoms with Crippen LogP contribution in [-0.4, -0.2) is 13.1 Å². The predicted molar refractivity (Wildman–Crippen MR) is 61.0 cm³/mol. The smallest absolute Gasteiger partial charge is 0.316 e. The Morgan fingerprint density at radius 2 is 2.20 bits per heavy atom. The number of ether oxygens (including phenoxy) is 1. The van der Waals surface area contributed by atoms with E-state index >= 15 is 0 Å². The Bertz CT molecular complexity index is 413. The SMILES string of the molecule is COC(=O)C1(c2ccc(N)c(S)c2)CC1. The second-order valence-corrected chi connectivity index (χ2v) is 4.33. The number of carbonyl (C=O) groups is 1. The van der Waals surface area contributed by atoms with E-state index < -0.39 is 5.41 Å². The van der Waals surface area contributed by atoms with Crippen molar-refractivity contribution >= 4 is 24.3 Å². The van der Waals surface area contributed by atoms with Gasteiger partial charge >= 0.3 is 5.97 Å². The predicted octanol–water partition coefficient (Wildman–Crippen LogP) is 1.76. The summed E-state index contributed by atoms with van der Waals surface area (Å²) in [5.74, 6) is -0.167. The molecule has 2 rings (SSSR count). The fraction of sp³-hybridized carbons (Fsp3) is 0.364. The number of hydrogen-bond acceptors (Lipinski definition) is 4. The molecule has 1 saturated carbocycles. The number of methoxy groups -OCH3 is 1. The van der Waals surface area contributed by atoms with Crippen LogP contribution in [0.25, 0.3) is 0 Å². The Morgan fingerprint density at radius 1 is 1.53 bits per heavy atom. The lowest BCUT2D eigenvalue weighted by molar-refractivity contribution is -0.143. The summed E-state index contributed by atoms with van der Waals surface area (Å²) in [6.45, 7) is 0. The quantitative estimate of drug-likeness (QED) is 0.456. The van der Waals surface area contributed by atoms with E-state index in [1.165, 1.54) is 7.11 Å². The minimum Gasteiger partial charge on any atom is -0.468 e. The first kappa shape index (κ1) is 10.4. The van der Waals surface area contributed by atoms with E-state index in [2.05, 4.69) is 12.6 Å². The van der Waals surface area contributed by atoms with Crippen molar-refractivity contribution in [2.75, 3.05) is 12.8 Å². The van der Waals surface area contributed by atoms with E-state index in [-0.39, 0.29) is 5.97 Å². The first-order valence-electron chi connectivity index (χ1n) is 4.77. The third-order valence-corrected chi connectivity index (χ3v) is 3.30. The summed E-state index contributed by atoms with van der Waals surface area (Å²) in [5.41, 5.74) is 6.82. The molecule has 3 nitrogen and oxygen atoms in total. The minimum atomic E-state index is -0.431. The Morgan fingerprint density at radius 3 is 2.67 bits per heavy atom. The van der Waals surface area contributed by atoms with Crippen LogP contribution in [0.2, 0.25) is 0 Å². The number of esters is 1. The van der Waals surface area contributed by atoms with Crippen molar-refractivity contribution in [2.24, 2.45) is 0 Å². The zero-order chi connectivity index (χ0) is 11.1. The van der Waals surface area contributed by atoms with Crippen LogP contribution in [-0.2, 0) is 14.9 Å². The molecule has 80 valence electrons. The van der Waals surface area contributed by atoms with Crippen LogP contribution in [0.1, 0.15) is 18.4 Å². The van der Waals surface area contributed by atoms with Gasteiger partial charge in [-0.25, -0.2) is 0 Å². The van der Waals surface area contributed by atoms with Crippen molar-refractivity contribution in [1.29, 1.82) is 0 Å². The average molecular weight is 223 g/mol. The van der Waals surface area contributed by atoms with E-state index in [9.17, 15) is 4.79 Å². The van der Waals surface area contributed by atoms with Gasteiger partial charge in [-0.2, -0.15) is 0 Å². The standard InChI is InChI=1S/C11H13NO2S/c1-14-10(13)11(4-5-11)7-2-3-8(12)9(15)6-7/h2-3,6,15H,4-5,12H2,1H3. The summed E-state index contributed by atoms with van der Waals surface area (Å²) in [7, 11) is 1.42. The molecule has 2 N–H and O–H groups in total. The molecule has 4 heteroatoms. The monoisotopic (exact) mass is 223 g/mol. The maximum Gasteiger partial charge on any atom is 0.316 e. The summed E-state index contributed by atoms with van der Waals surface area (Å²) in [4.78, 5) is 12.3. The number of thiol groups is 1. The number of anilines is 1. The zero-order valence-electron chi connectivity index (χ0n) is 8.49. The molecule has 1 aliphatic carbocycles. The van der Waals surface area contributed by atoms with E-state index in [0.717, 1.165) is 18.4 Å². The molecule has 15 heavy (non-hydrogen) atoms. The van der Waals surface area contributed by atoms with Gasteiger partial charge in [-0.1, -0.05) is 6.07 Å². The molecule has 0 amide bonds. The highest BCUT2D eigenvalue weighted by Gasteiger charge is 2.52. The third kappa shape index (κ3) is 1.59. The van der Waals surface area contributed by atoms with Crippen LogP contribution in [0, 0.1) is 0 Å². The Labute approximate surface area is 94.0 Å². The summed E-state index contributed by atoms with van der Waals surface area (Å²) in [6, 6.07) is 5.50. The van der Waals surface area contributed by atoms with Crippen molar-refractivity contribution in [2.45, 2.75) is 23.2 Å². The summed E-state index contributed by atoms with van der Waals surface area (Å²) < 4.78 is 4.81. The summed E-state index contributed by atoms with van der Waals surface area (Å²) in [6.07, 6.45) is 1.69. The third-order valence-electron chi connectivity index (χ3n) is 2.91. The summed E-state index contributed by atoms with van der Waals surface area (Å²) in [5, 5.41) is 0. The van der Waals surface area contributed by atoms with Crippen molar-refractivity contribution in [3.63, 3.8) is 0 Å². The molecule has 0 saturated heterocycles. The average Bonchev–Trinajstić information content (AvgIpc) is 3.02. The van der Waals surface area contributed by atoms with Crippen LogP contribution in [0.3, 0.4) is 0 Å². The van der Waals surface area contributed by atoms with Gasteiger partial charge in [-0.15, -0.1) is 12.6 Å². The van der Waals surface area contributed by atoms with E-state index in [1.54, 1.807) is 6.07 Å². The van der Waals surface area contributed by atoms with Gasteiger partial charge in [0.15, 0.2) is 0 Å². The number of nitrogens with two attached hydrogens (primary N) is 1. The van der Waals surface area contributed by atoms with Gasteiger partial charge in [-0.05, 0) is 30.5 Å². The van der Waals surface area contributed by atoms with Crippen LogP contribution >= 0.6 is 12.6 Å². The zero-order valence-corrected chi connectivity index (χ0v) is 9.38. The fourth-order valence-corrected chi connectivity index (χ4v) is 1.99. The maximum atomic E-state index is 11.6. The van der Waals surface area contributed by atoms with Gasteiger partial charge in [0.05, 0.1) is 12.5 Å². The van der Waals surface area contributed by atoms with Crippen molar-refractivity contribution in [1.82, 2.24) is 0 Å². The molecule has 0 heterocycles. The molecule has 1 fully saturated rings. The van der Waals surface area contributed by atoms with Crippen LogP contribution in [0.5, 0.6) is 0 Å². The van der Waals surface area contributed by atoms with Crippen LogP contribution in [0.15, 0.2) is 23.1 Å². The fourth-order valence-electron chi connectivity index (χ4n) is 1.77. The van der Waals surface area contributed by atoms with Crippen molar-refractivity contribution < 1.29 is 9.53 Å². The molecular formula is C11H13NO2S. The molecule has 0 unspecified atom stereocenters. The molecule has 1 aromatic rings. The maximum absolute atomic E-state index is 11.6. The lowest BCUT2D eigenvalue weighted by Crippen LogP contribution is -2.21. The highest BCUT2D eigenvalue weighted by Crippen LogP contribution is 2.49. The number of benzene rings is 1. The summed E-state index contributed by atoms with van der Waals surface area (Å²) >= 11 is 4.25. The van der Waals surface area contributed by atoms with Gasteiger partial charge in [0, 0.05) is 10.6 Å². The molecule has 0 atom stereocenters. The Balaban J connectivity index is 2.38. The first-order valence-corrected chi connectivity index (χ1v) is 5.22. The van der Waals surface area contributed by atoms with Crippen LogP contribution < -0.4 is 5.73 Å².